The Bertz CT molecular complexity index is 3890. The van der Waals surface area contributed by atoms with E-state index in [-0.39, 0.29) is 22.1 Å². The quantitative estimate of drug-likeness (QED) is 0.151. The first kappa shape index (κ1) is 47.7. The SMILES string of the molecule is Cc1ccc(N(c2ccc(C(C)(C)C)cc2)c2cc3c(c4occc24)-c2c(cc(N(c4ccc(C(C)(C)C)cc4)c4ccc(C(C)(C)C)cn4)c4c2oc2ccccc24)C3(c2ccccc2)c2cccc(F)c2)nc1. The molecular formula is C68H61FN4O2. The van der Waals surface area contributed by atoms with Crippen molar-refractivity contribution in [3.05, 3.63) is 239 Å². The molecule has 0 fully saturated rings. The van der Waals surface area contributed by atoms with Crippen molar-refractivity contribution >= 4 is 67.3 Å². The number of para-hydroxylation sites is 1. The van der Waals surface area contributed by atoms with Crippen molar-refractivity contribution in [1.29, 1.82) is 0 Å². The van der Waals surface area contributed by atoms with Crippen LogP contribution in [0.25, 0.3) is 44.0 Å². The number of nitrogens with zero attached hydrogens (tertiary/aromatic N) is 4. The van der Waals surface area contributed by atoms with Crippen LogP contribution in [0.1, 0.15) is 107 Å². The predicted octanol–water partition coefficient (Wildman–Crippen LogP) is 18.8. The summed E-state index contributed by atoms with van der Waals surface area (Å²) in [6, 6.07) is 58.7. The van der Waals surface area contributed by atoms with Crippen LogP contribution in [0.4, 0.5) is 38.8 Å². The summed E-state index contributed by atoms with van der Waals surface area (Å²) < 4.78 is 30.7. The van der Waals surface area contributed by atoms with E-state index in [9.17, 15) is 0 Å². The molecule has 4 heterocycles. The van der Waals surface area contributed by atoms with Crippen LogP contribution in [0.15, 0.2) is 197 Å². The normalized spacial score (nSPS) is 14.7. The Morgan fingerprint density at radius 1 is 0.480 bits per heavy atom. The summed E-state index contributed by atoms with van der Waals surface area (Å²) >= 11 is 0. The smallest absolute Gasteiger partial charge is 0.145 e. The fourth-order valence-electron chi connectivity index (χ4n) is 11.4. The molecule has 0 aliphatic heterocycles. The fraction of sp³-hybridized carbons (Fsp3) is 0.206. The molecule has 1 unspecified atom stereocenters. The molecule has 0 bridgehead atoms. The van der Waals surface area contributed by atoms with Crippen LogP contribution >= 0.6 is 0 Å². The molecule has 6 nitrogen and oxygen atoms in total. The fourth-order valence-corrected chi connectivity index (χ4v) is 11.4. The van der Waals surface area contributed by atoms with Gasteiger partial charge in [-0.15, -0.1) is 0 Å². The van der Waals surface area contributed by atoms with Gasteiger partial charge in [-0.25, -0.2) is 14.4 Å². The molecule has 0 spiro atoms. The average molecular weight is 985 g/mol. The highest BCUT2D eigenvalue weighted by atomic mass is 19.1. The molecule has 1 aliphatic rings. The van der Waals surface area contributed by atoms with Crippen molar-refractivity contribution in [1.82, 2.24) is 9.97 Å². The van der Waals surface area contributed by atoms with Crippen LogP contribution < -0.4 is 9.80 Å². The molecule has 4 aromatic heterocycles. The monoisotopic (exact) mass is 984 g/mol. The zero-order chi connectivity index (χ0) is 52.2. The van der Waals surface area contributed by atoms with Crippen LogP contribution in [0.2, 0.25) is 0 Å². The number of halogens is 1. The number of aromatic nitrogens is 2. The molecule has 7 heteroatoms. The number of anilines is 6. The molecule has 7 aromatic carbocycles. The van der Waals surface area contributed by atoms with E-state index in [0.717, 1.165) is 101 Å². The predicted molar refractivity (Wildman–Crippen MR) is 307 cm³/mol. The molecule has 0 saturated carbocycles. The Hall–Kier alpha value is -8.29. The molecule has 0 N–H and O–H groups in total. The summed E-state index contributed by atoms with van der Waals surface area (Å²) in [6.45, 7) is 22.1. The number of hydrogen-bond donors (Lipinski definition) is 0. The molecule has 0 amide bonds. The number of furan rings is 2. The van der Waals surface area contributed by atoms with Crippen molar-refractivity contribution < 1.29 is 13.2 Å². The lowest BCUT2D eigenvalue weighted by Crippen LogP contribution is -2.29. The largest absolute Gasteiger partial charge is 0.464 e. The molecule has 12 rings (SSSR count). The minimum Gasteiger partial charge on any atom is -0.464 e. The third kappa shape index (κ3) is 7.82. The van der Waals surface area contributed by atoms with Crippen molar-refractivity contribution in [3.8, 4) is 11.1 Å². The first-order valence-electron chi connectivity index (χ1n) is 26.0. The van der Waals surface area contributed by atoms with E-state index in [1.807, 2.05) is 36.7 Å². The van der Waals surface area contributed by atoms with Crippen molar-refractivity contribution in [3.63, 3.8) is 0 Å². The van der Waals surface area contributed by atoms with E-state index in [2.05, 4.69) is 212 Å². The molecule has 0 radical (unpaired) electrons. The van der Waals surface area contributed by atoms with Gasteiger partial charge in [0.05, 0.1) is 28.4 Å². The average Bonchev–Trinajstić information content (AvgIpc) is 4.22. The van der Waals surface area contributed by atoms with Crippen LogP contribution in [0.5, 0.6) is 0 Å². The van der Waals surface area contributed by atoms with E-state index >= 15 is 4.39 Å². The van der Waals surface area contributed by atoms with E-state index in [1.54, 1.807) is 12.3 Å². The second-order valence-electron chi connectivity index (χ2n) is 23.3. The number of fused-ring (bicyclic) bond motifs is 9. The highest BCUT2D eigenvalue weighted by Crippen LogP contribution is 2.63. The Labute approximate surface area is 439 Å². The van der Waals surface area contributed by atoms with Crippen LogP contribution in [-0.2, 0) is 21.7 Å². The number of hydrogen-bond acceptors (Lipinski definition) is 6. The second kappa shape index (κ2) is 17.4. The summed E-state index contributed by atoms with van der Waals surface area (Å²) in [7, 11) is 0. The van der Waals surface area contributed by atoms with Gasteiger partial charge in [0.1, 0.15) is 34.2 Å². The van der Waals surface area contributed by atoms with Gasteiger partial charge in [0.2, 0.25) is 0 Å². The third-order valence-corrected chi connectivity index (χ3v) is 15.3. The molecule has 1 aliphatic carbocycles. The molecule has 372 valence electrons. The zero-order valence-electron chi connectivity index (χ0n) is 44.4. The van der Waals surface area contributed by atoms with Crippen molar-refractivity contribution in [2.75, 3.05) is 9.80 Å². The highest BCUT2D eigenvalue weighted by molar-refractivity contribution is 6.22. The van der Waals surface area contributed by atoms with Gasteiger partial charge in [0.15, 0.2) is 0 Å². The Balaban J connectivity index is 1.25. The minimum absolute atomic E-state index is 0.0544. The lowest BCUT2D eigenvalue weighted by atomic mass is 9.67. The van der Waals surface area contributed by atoms with Gasteiger partial charge in [-0.2, -0.15) is 0 Å². The molecule has 1 atom stereocenters. The Kier molecular flexibility index (Phi) is 11.1. The standard InChI is InChI=1S/C68H61FN4O2/c1-42-23-33-58(70-40-42)72(49-29-24-43(25-30-49)65(2,3)4)55-38-53-61(63-51(55)35-36-74-63)62-54(68(53,45-17-12-11-13-18-45)46-19-16-20-48(69)37-46)39-56(60-52-21-14-15-22-57(52)75-64(60)62)73(50-31-26-44(27-32-50)66(5,6)7)59-34-28-47(41-71-59)67(8,9)10/h11-41H,1-10H3. The van der Waals surface area contributed by atoms with Crippen LogP contribution in [0.3, 0.4) is 0 Å². The second-order valence-corrected chi connectivity index (χ2v) is 23.3. The van der Waals surface area contributed by atoms with E-state index < -0.39 is 5.41 Å². The lowest BCUT2D eigenvalue weighted by molar-refractivity contribution is 0.587. The molecular weight excluding hydrogens is 924 g/mol. The van der Waals surface area contributed by atoms with Crippen LogP contribution in [0, 0.1) is 12.7 Å². The maximum absolute atomic E-state index is 16.5. The third-order valence-electron chi connectivity index (χ3n) is 15.3. The molecule has 75 heavy (non-hydrogen) atoms. The van der Waals surface area contributed by atoms with Crippen molar-refractivity contribution in [2.45, 2.75) is 90.9 Å². The summed E-state index contributed by atoms with van der Waals surface area (Å²) in [5.74, 6) is 1.16. The van der Waals surface area contributed by atoms with E-state index in [0.29, 0.717) is 11.2 Å². The molecule has 0 saturated heterocycles. The number of rotatable bonds is 8. The van der Waals surface area contributed by atoms with Crippen molar-refractivity contribution in [2.24, 2.45) is 0 Å². The molecule has 11 aromatic rings. The number of aryl methyl sites for hydroxylation is 1. The van der Waals surface area contributed by atoms with Gasteiger partial charge < -0.3 is 8.83 Å². The summed E-state index contributed by atoms with van der Waals surface area (Å²) in [6.07, 6.45) is 5.69. The number of benzene rings is 7. The van der Waals surface area contributed by atoms with Gasteiger partial charge in [0, 0.05) is 45.7 Å². The Morgan fingerprint density at radius 2 is 1.03 bits per heavy atom. The minimum atomic E-state index is -1.14. The maximum Gasteiger partial charge on any atom is 0.145 e. The lowest BCUT2D eigenvalue weighted by Gasteiger charge is -2.36. The Morgan fingerprint density at radius 3 is 1.61 bits per heavy atom. The first-order valence-corrected chi connectivity index (χ1v) is 26.0. The van der Waals surface area contributed by atoms with Gasteiger partial charge in [-0.1, -0.05) is 159 Å². The first-order chi connectivity index (χ1) is 35.9. The van der Waals surface area contributed by atoms with Gasteiger partial charge in [0.25, 0.3) is 0 Å². The summed E-state index contributed by atoms with van der Waals surface area (Å²) in [4.78, 5) is 14.9. The van der Waals surface area contributed by atoms with Gasteiger partial charge >= 0.3 is 0 Å². The zero-order valence-corrected chi connectivity index (χ0v) is 44.4. The summed E-state index contributed by atoms with van der Waals surface area (Å²) in [5, 5.41) is 2.77. The van der Waals surface area contributed by atoms with Crippen LogP contribution in [-0.4, -0.2) is 9.97 Å². The van der Waals surface area contributed by atoms with E-state index in [4.69, 9.17) is 18.8 Å². The maximum atomic E-state index is 16.5. The van der Waals surface area contributed by atoms with Gasteiger partial charge in [-0.3, -0.25) is 9.80 Å². The summed E-state index contributed by atoms with van der Waals surface area (Å²) in [5.41, 5.74) is 14.3. The number of pyridine rings is 2. The van der Waals surface area contributed by atoms with Gasteiger partial charge in [-0.05, 0) is 140 Å². The van der Waals surface area contributed by atoms with E-state index in [1.165, 1.54) is 17.2 Å². The topological polar surface area (TPSA) is 58.5 Å². The highest BCUT2D eigenvalue weighted by Gasteiger charge is 2.51.